The number of fused-ring (bicyclic) bond motifs is 1. The molecule has 0 atom stereocenters. The van der Waals surface area contributed by atoms with Gasteiger partial charge in [-0.05, 0) is 53.2 Å². The Hall–Kier alpha value is -2.36. The molecule has 0 aliphatic heterocycles. The molecule has 96 valence electrons. The van der Waals surface area contributed by atoms with E-state index in [9.17, 15) is 0 Å². The number of pyridine rings is 1. The van der Waals surface area contributed by atoms with Gasteiger partial charge in [0.25, 0.3) is 5.65 Å². The first-order valence-corrected chi connectivity index (χ1v) is 6.30. The van der Waals surface area contributed by atoms with Crippen molar-refractivity contribution in [1.29, 1.82) is 0 Å². The van der Waals surface area contributed by atoms with Gasteiger partial charge in [-0.2, -0.15) is 4.68 Å². The van der Waals surface area contributed by atoms with E-state index in [1.54, 1.807) is 0 Å². The van der Waals surface area contributed by atoms with Crippen molar-refractivity contribution in [2.24, 2.45) is 7.05 Å². The molecule has 3 aromatic rings. The molecule has 2 N–H and O–H groups in total. The molecule has 0 saturated heterocycles. The van der Waals surface area contributed by atoms with Crippen molar-refractivity contribution in [3.8, 4) is 0 Å². The number of nitrogens with zero attached hydrogens (tertiary/aromatic N) is 3. The van der Waals surface area contributed by atoms with Crippen LogP contribution in [-0.2, 0) is 13.5 Å². The zero-order valence-electron chi connectivity index (χ0n) is 11.2. The van der Waals surface area contributed by atoms with E-state index in [0.29, 0.717) is 0 Å². The summed E-state index contributed by atoms with van der Waals surface area (Å²) in [6.45, 7) is 2.10. The molecule has 0 unspecified atom stereocenters. The molecular formula is C15H17N4+. The Bertz CT molecular complexity index is 743. The van der Waals surface area contributed by atoms with Crippen LogP contribution in [-0.4, -0.2) is 9.50 Å². The Morgan fingerprint density at radius 3 is 2.89 bits per heavy atom. The first kappa shape index (κ1) is 11.7. The van der Waals surface area contributed by atoms with Crippen LogP contribution in [0.3, 0.4) is 0 Å². The number of hydrogen-bond donors (Lipinski definition) is 1. The molecule has 19 heavy (non-hydrogen) atoms. The summed E-state index contributed by atoms with van der Waals surface area (Å²) < 4.78 is 3.97. The highest BCUT2D eigenvalue weighted by atomic mass is 15.4. The van der Waals surface area contributed by atoms with E-state index in [1.165, 1.54) is 16.7 Å². The summed E-state index contributed by atoms with van der Waals surface area (Å²) in [7, 11) is 1.98. The van der Waals surface area contributed by atoms with Crippen LogP contribution in [0.25, 0.3) is 5.65 Å². The maximum absolute atomic E-state index is 5.78. The van der Waals surface area contributed by atoms with Crippen LogP contribution in [0.1, 0.15) is 16.7 Å². The van der Waals surface area contributed by atoms with Gasteiger partial charge in [0.05, 0.1) is 6.20 Å². The summed E-state index contributed by atoms with van der Waals surface area (Å²) >= 11 is 0. The number of nitrogens with two attached hydrogens (primary N) is 1. The van der Waals surface area contributed by atoms with Crippen molar-refractivity contribution in [2.45, 2.75) is 13.3 Å². The predicted molar refractivity (Wildman–Crippen MR) is 74.8 cm³/mol. The van der Waals surface area contributed by atoms with Crippen LogP contribution in [0, 0.1) is 6.92 Å². The zero-order valence-corrected chi connectivity index (χ0v) is 11.2. The van der Waals surface area contributed by atoms with Gasteiger partial charge in [-0.25, -0.2) is 0 Å². The summed E-state index contributed by atoms with van der Waals surface area (Å²) in [6, 6.07) is 10.3. The lowest BCUT2D eigenvalue weighted by Gasteiger charge is -2.06. The monoisotopic (exact) mass is 253 g/mol. The van der Waals surface area contributed by atoms with E-state index in [2.05, 4.69) is 30.1 Å². The number of aryl methyl sites for hydroxylation is 2. The van der Waals surface area contributed by atoms with Crippen LogP contribution in [0.4, 0.5) is 5.69 Å². The van der Waals surface area contributed by atoms with E-state index in [4.69, 9.17) is 5.73 Å². The zero-order chi connectivity index (χ0) is 13.4. The lowest BCUT2D eigenvalue weighted by molar-refractivity contribution is -0.739. The van der Waals surface area contributed by atoms with Crippen LogP contribution in [0.5, 0.6) is 0 Å². The third-order valence-corrected chi connectivity index (χ3v) is 3.44. The van der Waals surface area contributed by atoms with Crippen molar-refractivity contribution in [3.63, 3.8) is 0 Å². The Kier molecular flexibility index (Phi) is 2.71. The van der Waals surface area contributed by atoms with Crippen molar-refractivity contribution < 1.29 is 4.68 Å². The molecule has 4 nitrogen and oxygen atoms in total. The third-order valence-electron chi connectivity index (χ3n) is 3.44. The van der Waals surface area contributed by atoms with Gasteiger partial charge in [-0.15, -0.1) is 4.52 Å². The minimum absolute atomic E-state index is 0.817. The van der Waals surface area contributed by atoms with Gasteiger partial charge in [-0.3, -0.25) is 0 Å². The number of rotatable bonds is 2. The minimum Gasteiger partial charge on any atom is -0.399 e. The van der Waals surface area contributed by atoms with Crippen molar-refractivity contribution in [2.75, 3.05) is 5.73 Å². The number of benzene rings is 1. The lowest BCUT2D eigenvalue weighted by Crippen LogP contribution is -2.33. The summed E-state index contributed by atoms with van der Waals surface area (Å²) in [5.74, 6) is 0. The molecule has 2 heterocycles. The summed E-state index contributed by atoms with van der Waals surface area (Å²) in [5.41, 5.74) is 11.4. The largest absolute Gasteiger partial charge is 0.399 e. The highest BCUT2D eigenvalue weighted by Gasteiger charge is 2.08. The molecule has 0 spiro atoms. The van der Waals surface area contributed by atoms with Gasteiger partial charge >= 0.3 is 6.33 Å². The standard InChI is InChI=1S/C15H17N4/c1-11-7-14(16)4-3-13(11)8-12-5-6-19-15(9-12)17-10-18(19)2/h3-7,9-10H,8,16H2,1-2H3/q+1. The SMILES string of the molecule is Cc1cc(N)ccc1Cc1ccn2c(c1)nc[n+]2C. The average Bonchev–Trinajstić information content (AvgIpc) is 2.74. The molecule has 0 bridgehead atoms. The molecule has 0 amide bonds. The average molecular weight is 253 g/mol. The molecule has 3 rings (SSSR count). The molecule has 0 aliphatic carbocycles. The second kappa shape index (κ2) is 4.39. The maximum Gasteiger partial charge on any atom is 0.307 e. The molecule has 2 aromatic heterocycles. The van der Waals surface area contributed by atoms with Crippen molar-refractivity contribution in [3.05, 3.63) is 59.5 Å². The fourth-order valence-corrected chi connectivity index (χ4v) is 2.33. The predicted octanol–water partition coefficient (Wildman–Crippen LogP) is 1.64. The maximum atomic E-state index is 5.78. The number of nitrogen functional groups attached to an aromatic ring is 1. The highest BCUT2D eigenvalue weighted by Crippen LogP contribution is 2.17. The number of hydrogen-bond acceptors (Lipinski definition) is 2. The Balaban J connectivity index is 1.96. The van der Waals surface area contributed by atoms with Gasteiger partial charge in [0.2, 0.25) is 0 Å². The second-order valence-corrected chi connectivity index (χ2v) is 4.92. The first-order chi connectivity index (χ1) is 9.13. The van der Waals surface area contributed by atoms with Gasteiger partial charge in [0.15, 0.2) is 0 Å². The van der Waals surface area contributed by atoms with E-state index < -0.39 is 0 Å². The molecule has 0 aliphatic rings. The van der Waals surface area contributed by atoms with E-state index in [1.807, 2.05) is 40.9 Å². The topological polar surface area (TPSA) is 47.2 Å². The molecule has 0 fully saturated rings. The third kappa shape index (κ3) is 2.17. The minimum atomic E-state index is 0.817. The molecule has 0 saturated carbocycles. The number of anilines is 1. The van der Waals surface area contributed by atoms with Gasteiger partial charge in [-0.1, -0.05) is 6.07 Å². The fraction of sp³-hybridized carbons (Fsp3) is 0.200. The first-order valence-electron chi connectivity index (χ1n) is 6.30. The van der Waals surface area contributed by atoms with E-state index in [-0.39, 0.29) is 0 Å². The molecule has 4 heteroatoms. The van der Waals surface area contributed by atoms with Gasteiger partial charge < -0.3 is 5.73 Å². The normalized spacial score (nSPS) is 11.1. The van der Waals surface area contributed by atoms with Crippen LogP contribution >= 0.6 is 0 Å². The Morgan fingerprint density at radius 1 is 1.26 bits per heavy atom. The highest BCUT2D eigenvalue weighted by molar-refractivity contribution is 5.47. The quantitative estimate of drug-likeness (QED) is 0.557. The number of aromatic nitrogens is 3. The molecule has 1 aromatic carbocycles. The fourth-order valence-electron chi connectivity index (χ4n) is 2.33. The van der Waals surface area contributed by atoms with Crippen molar-refractivity contribution >= 4 is 11.3 Å². The molecule has 0 radical (unpaired) electrons. The van der Waals surface area contributed by atoms with Crippen LogP contribution in [0.2, 0.25) is 0 Å². The van der Waals surface area contributed by atoms with Gasteiger partial charge in [0.1, 0.15) is 7.05 Å². The second-order valence-electron chi connectivity index (χ2n) is 4.92. The lowest BCUT2D eigenvalue weighted by atomic mass is 10.0. The van der Waals surface area contributed by atoms with E-state index in [0.717, 1.165) is 17.8 Å². The van der Waals surface area contributed by atoms with Crippen molar-refractivity contribution in [1.82, 2.24) is 9.50 Å². The summed E-state index contributed by atoms with van der Waals surface area (Å²) in [6.07, 6.45) is 4.76. The van der Waals surface area contributed by atoms with Crippen LogP contribution < -0.4 is 10.4 Å². The summed E-state index contributed by atoms with van der Waals surface area (Å²) in [5, 5.41) is 0. The Labute approximate surface area is 112 Å². The summed E-state index contributed by atoms with van der Waals surface area (Å²) in [4.78, 5) is 4.36. The van der Waals surface area contributed by atoms with Crippen LogP contribution in [0.15, 0.2) is 42.9 Å². The molecular weight excluding hydrogens is 236 g/mol. The van der Waals surface area contributed by atoms with Gasteiger partial charge in [0, 0.05) is 11.8 Å². The van der Waals surface area contributed by atoms with E-state index >= 15 is 0 Å². The smallest absolute Gasteiger partial charge is 0.307 e. The Morgan fingerprint density at radius 2 is 2.11 bits per heavy atom.